The van der Waals surface area contributed by atoms with Crippen LogP contribution in [0.3, 0.4) is 0 Å². The molecular formula is C18H20FN3O3. The van der Waals surface area contributed by atoms with E-state index in [0.717, 1.165) is 17.5 Å². The minimum Gasteiger partial charge on any atom is -0.377 e. The standard InChI is InChI=1S/C18H20FN3O3/c1-2-25-15-4-3-11-21(12-15)18(24)16-9-10-17(23)22(20-16)14-7-5-13(19)6-8-14/h5-10,15H,2-4,11-12H2,1H3/t15-/m1/s1. The summed E-state index contributed by atoms with van der Waals surface area (Å²) < 4.78 is 19.8. The van der Waals surface area contributed by atoms with Gasteiger partial charge in [0.25, 0.3) is 11.5 Å². The molecule has 0 N–H and O–H groups in total. The molecule has 1 aliphatic rings. The first kappa shape index (κ1) is 17.3. The number of benzene rings is 1. The molecule has 1 aromatic carbocycles. The molecule has 0 bridgehead atoms. The van der Waals surface area contributed by atoms with Crippen LogP contribution in [0.5, 0.6) is 0 Å². The van der Waals surface area contributed by atoms with Crippen molar-refractivity contribution < 1.29 is 13.9 Å². The lowest BCUT2D eigenvalue weighted by molar-refractivity contribution is 0.00696. The van der Waals surface area contributed by atoms with Crippen molar-refractivity contribution in [2.45, 2.75) is 25.9 Å². The van der Waals surface area contributed by atoms with Gasteiger partial charge in [-0.15, -0.1) is 0 Å². The van der Waals surface area contributed by atoms with Crippen LogP contribution < -0.4 is 5.56 Å². The Morgan fingerprint density at radius 3 is 2.76 bits per heavy atom. The number of piperidine rings is 1. The van der Waals surface area contributed by atoms with Crippen LogP contribution in [-0.2, 0) is 4.74 Å². The highest BCUT2D eigenvalue weighted by Crippen LogP contribution is 2.15. The van der Waals surface area contributed by atoms with E-state index in [9.17, 15) is 14.0 Å². The molecule has 2 heterocycles. The zero-order valence-electron chi connectivity index (χ0n) is 14.0. The third-order valence-electron chi connectivity index (χ3n) is 4.16. The molecule has 3 rings (SSSR count). The molecule has 1 aliphatic heterocycles. The number of carbonyl (C=O) groups is 1. The molecule has 1 amide bonds. The van der Waals surface area contributed by atoms with Crippen LogP contribution in [0.25, 0.3) is 5.69 Å². The molecule has 132 valence electrons. The molecule has 6 nitrogen and oxygen atoms in total. The predicted molar refractivity (Wildman–Crippen MR) is 90.3 cm³/mol. The van der Waals surface area contributed by atoms with Gasteiger partial charge >= 0.3 is 0 Å². The zero-order chi connectivity index (χ0) is 17.8. The molecule has 1 saturated heterocycles. The van der Waals surface area contributed by atoms with Crippen LogP contribution >= 0.6 is 0 Å². The summed E-state index contributed by atoms with van der Waals surface area (Å²) in [5.41, 5.74) is 0.210. The second-order valence-electron chi connectivity index (χ2n) is 5.92. The molecule has 1 aromatic heterocycles. The Morgan fingerprint density at radius 2 is 2.04 bits per heavy atom. The number of carbonyl (C=O) groups excluding carboxylic acids is 1. The third-order valence-corrected chi connectivity index (χ3v) is 4.16. The molecule has 25 heavy (non-hydrogen) atoms. The SMILES string of the molecule is CCO[C@@H]1CCCN(C(=O)c2ccc(=O)n(-c3ccc(F)cc3)n2)C1. The van der Waals surface area contributed by atoms with E-state index in [2.05, 4.69) is 5.10 Å². The smallest absolute Gasteiger partial charge is 0.274 e. The summed E-state index contributed by atoms with van der Waals surface area (Å²) in [5, 5.41) is 4.17. The number of amides is 1. The van der Waals surface area contributed by atoms with Gasteiger partial charge in [0, 0.05) is 25.8 Å². The fraction of sp³-hybridized carbons (Fsp3) is 0.389. The highest BCUT2D eigenvalue weighted by molar-refractivity contribution is 5.92. The Bertz CT molecular complexity index is 802. The van der Waals surface area contributed by atoms with Crippen LogP contribution in [0.15, 0.2) is 41.2 Å². The van der Waals surface area contributed by atoms with Crippen molar-refractivity contribution in [2.75, 3.05) is 19.7 Å². The maximum absolute atomic E-state index is 13.1. The summed E-state index contributed by atoms with van der Waals surface area (Å²) >= 11 is 0. The average molecular weight is 345 g/mol. The minimum atomic E-state index is -0.403. The van der Waals surface area contributed by atoms with Crippen molar-refractivity contribution in [3.63, 3.8) is 0 Å². The van der Waals surface area contributed by atoms with E-state index in [0.29, 0.717) is 25.4 Å². The van der Waals surface area contributed by atoms with Gasteiger partial charge in [0.2, 0.25) is 0 Å². The van der Waals surface area contributed by atoms with Crippen molar-refractivity contribution in [3.05, 3.63) is 58.3 Å². The molecule has 0 spiro atoms. The number of likely N-dealkylation sites (tertiary alicyclic amines) is 1. The van der Waals surface area contributed by atoms with Crippen LogP contribution in [0.1, 0.15) is 30.3 Å². The van der Waals surface area contributed by atoms with E-state index in [1.165, 1.54) is 36.4 Å². The first-order chi connectivity index (χ1) is 12.1. The molecular weight excluding hydrogens is 325 g/mol. The number of hydrogen-bond acceptors (Lipinski definition) is 4. The molecule has 0 unspecified atom stereocenters. The van der Waals surface area contributed by atoms with E-state index in [-0.39, 0.29) is 23.3 Å². The second-order valence-corrected chi connectivity index (χ2v) is 5.92. The molecule has 2 aromatic rings. The Morgan fingerprint density at radius 1 is 1.28 bits per heavy atom. The van der Waals surface area contributed by atoms with Gasteiger partial charge in [0.15, 0.2) is 0 Å². The van der Waals surface area contributed by atoms with Crippen LogP contribution in [0.4, 0.5) is 4.39 Å². The molecule has 1 fully saturated rings. The van der Waals surface area contributed by atoms with Gasteiger partial charge in [-0.05, 0) is 50.1 Å². The van der Waals surface area contributed by atoms with Gasteiger partial charge in [-0.3, -0.25) is 9.59 Å². The fourth-order valence-corrected chi connectivity index (χ4v) is 2.95. The molecule has 0 saturated carbocycles. The average Bonchev–Trinajstić information content (AvgIpc) is 2.63. The lowest BCUT2D eigenvalue weighted by Crippen LogP contribution is -2.44. The lowest BCUT2D eigenvalue weighted by atomic mass is 10.1. The number of aromatic nitrogens is 2. The van der Waals surface area contributed by atoms with Gasteiger partial charge in [0.1, 0.15) is 11.5 Å². The summed E-state index contributed by atoms with van der Waals surface area (Å²) in [5.74, 6) is -0.639. The molecule has 1 atom stereocenters. The van der Waals surface area contributed by atoms with Crippen molar-refractivity contribution in [1.29, 1.82) is 0 Å². The number of nitrogens with zero attached hydrogens (tertiary/aromatic N) is 3. The Balaban J connectivity index is 1.85. The minimum absolute atomic E-state index is 0.0331. The summed E-state index contributed by atoms with van der Waals surface area (Å²) in [6.07, 6.45) is 1.83. The highest BCUT2D eigenvalue weighted by atomic mass is 19.1. The van der Waals surface area contributed by atoms with E-state index in [1.807, 2.05) is 6.92 Å². The summed E-state index contributed by atoms with van der Waals surface area (Å²) in [7, 11) is 0. The number of ether oxygens (including phenoxy) is 1. The Labute approximate surface area is 144 Å². The topological polar surface area (TPSA) is 64.4 Å². The Hall–Kier alpha value is -2.54. The fourth-order valence-electron chi connectivity index (χ4n) is 2.95. The van der Waals surface area contributed by atoms with Gasteiger partial charge in [-0.25, -0.2) is 4.39 Å². The largest absolute Gasteiger partial charge is 0.377 e. The summed E-state index contributed by atoms with van der Waals surface area (Å²) in [6, 6.07) is 8.11. The van der Waals surface area contributed by atoms with Gasteiger partial charge in [0.05, 0.1) is 11.8 Å². The molecule has 7 heteroatoms. The van der Waals surface area contributed by atoms with Crippen molar-refractivity contribution in [2.24, 2.45) is 0 Å². The first-order valence-electron chi connectivity index (χ1n) is 8.35. The highest BCUT2D eigenvalue weighted by Gasteiger charge is 2.26. The summed E-state index contributed by atoms with van der Waals surface area (Å²) in [4.78, 5) is 26.5. The number of hydrogen-bond donors (Lipinski definition) is 0. The maximum atomic E-state index is 13.1. The van der Waals surface area contributed by atoms with E-state index >= 15 is 0 Å². The van der Waals surface area contributed by atoms with E-state index in [4.69, 9.17) is 4.74 Å². The van der Waals surface area contributed by atoms with Crippen molar-refractivity contribution in [3.8, 4) is 5.69 Å². The Kier molecular flexibility index (Phi) is 5.23. The number of halogens is 1. The second kappa shape index (κ2) is 7.57. The zero-order valence-corrected chi connectivity index (χ0v) is 14.0. The van der Waals surface area contributed by atoms with Crippen LogP contribution in [0, 0.1) is 5.82 Å². The van der Waals surface area contributed by atoms with E-state index in [1.54, 1.807) is 4.90 Å². The monoisotopic (exact) mass is 345 g/mol. The molecule has 0 radical (unpaired) electrons. The van der Waals surface area contributed by atoms with Gasteiger partial charge in [-0.2, -0.15) is 9.78 Å². The maximum Gasteiger partial charge on any atom is 0.274 e. The quantitative estimate of drug-likeness (QED) is 0.850. The van der Waals surface area contributed by atoms with Gasteiger partial charge < -0.3 is 9.64 Å². The predicted octanol–water partition coefficient (Wildman–Crippen LogP) is 2.01. The summed E-state index contributed by atoms with van der Waals surface area (Å²) in [6.45, 7) is 3.70. The van der Waals surface area contributed by atoms with Gasteiger partial charge in [-0.1, -0.05) is 0 Å². The third kappa shape index (κ3) is 3.93. The number of rotatable bonds is 4. The first-order valence-corrected chi connectivity index (χ1v) is 8.35. The van der Waals surface area contributed by atoms with E-state index < -0.39 is 5.82 Å². The molecule has 0 aliphatic carbocycles. The van der Waals surface area contributed by atoms with Crippen LogP contribution in [0.2, 0.25) is 0 Å². The van der Waals surface area contributed by atoms with Crippen LogP contribution in [-0.4, -0.2) is 46.4 Å². The normalized spacial score (nSPS) is 17.5. The van der Waals surface area contributed by atoms with Crippen molar-refractivity contribution >= 4 is 5.91 Å². The lowest BCUT2D eigenvalue weighted by Gasteiger charge is -2.32. The van der Waals surface area contributed by atoms with Crippen molar-refractivity contribution in [1.82, 2.24) is 14.7 Å².